The molecule has 2 aliphatic heterocycles. The van der Waals surface area contributed by atoms with Crippen LogP contribution in [0.5, 0.6) is 0 Å². The first kappa shape index (κ1) is 15.2. The Morgan fingerprint density at radius 1 is 1.10 bits per heavy atom. The zero-order chi connectivity index (χ0) is 14.7. The molecule has 4 heteroatoms. The van der Waals surface area contributed by atoms with Crippen molar-refractivity contribution in [2.24, 2.45) is 0 Å². The van der Waals surface area contributed by atoms with Gasteiger partial charge < -0.3 is 9.80 Å². The molecule has 0 aromatic heterocycles. The third kappa shape index (κ3) is 3.93. The summed E-state index contributed by atoms with van der Waals surface area (Å²) in [5, 5.41) is 0. The van der Waals surface area contributed by atoms with Gasteiger partial charge in [-0.1, -0.05) is 12.1 Å². The average Bonchev–Trinajstić information content (AvgIpc) is 2.98. The minimum atomic E-state index is 0.732. The quantitative estimate of drug-likeness (QED) is 0.844. The molecule has 0 amide bonds. The largest absolute Gasteiger partial charge is 0.370 e. The van der Waals surface area contributed by atoms with Crippen LogP contribution in [0.15, 0.2) is 24.3 Å². The van der Waals surface area contributed by atoms with Crippen LogP contribution >= 0.6 is 11.8 Å². The van der Waals surface area contributed by atoms with E-state index in [-0.39, 0.29) is 0 Å². The van der Waals surface area contributed by atoms with Crippen molar-refractivity contribution < 1.29 is 0 Å². The maximum atomic E-state index is 2.58. The number of rotatable bonds is 4. The van der Waals surface area contributed by atoms with Gasteiger partial charge >= 0.3 is 0 Å². The molecule has 1 atom stereocenters. The summed E-state index contributed by atoms with van der Waals surface area (Å²) in [6, 6.07) is 9.99. The normalized spacial score (nSPS) is 24.0. The molecule has 0 radical (unpaired) electrons. The van der Waals surface area contributed by atoms with Gasteiger partial charge in [-0.25, -0.2) is 0 Å². The number of hydrogen-bond donors (Lipinski definition) is 0. The summed E-state index contributed by atoms with van der Waals surface area (Å²) >= 11 is 2.07. The molecular formula is C17H27N3S. The summed E-state index contributed by atoms with van der Waals surface area (Å²) in [5.41, 5.74) is 2.84. The predicted octanol–water partition coefficient (Wildman–Crippen LogP) is 2.38. The number of anilines is 1. The summed E-state index contributed by atoms with van der Waals surface area (Å²) in [7, 11) is 4.39. The summed E-state index contributed by atoms with van der Waals surface area (Å²) in [6.07, 6.45) is 1.30. The Morgan fingerprint density at radius 3 is 2.43 bits per heavy atom. The van der Waals surface area contributed by atoms with Crippen LogP contribution in [0.25, 0.3) is 0 Å². The summed E-state index contributed by atoms with van der Waals surface area (Å²) < 4.78 is 0. The second kappa shape index (κ2) is 7.03. The molecule has 21 heavy (non-hydrogen) atoms. The fourth-order valence-electron chi connectivity index (χ4n) is 3.27. The van der Waals surface area contributed by atoms with Crippen LogP contribution in [0.2, 0.25) is 0 Å². The molecule has 3 nitrogen and oxygen atoms in total. The van der Waals surface area contributed by atoms with Crippen molar-refractivity contribution in [1.82, 2.24) is 9.80 Å². The van der Waals surface area contributed by atoms with Crippen LogP contribution in [-0.4, -0.2) is 67.6 Å². The maximum absolute atomic E-state index is 2.58. The lowest BCUT2D eigenvalue weighted by atomic mass is 10.2. The van der Waals surface area contributed by atoms with Crippen molar-refractivity contribution >= 4 is 17.4 Å². The zero-order valence-electron chi connectivity index (χ0n) is 13.3. The first-order valence-corrected chi connectivity index (χ1v) is 9.18. The molecule has 1 aromatic carbocycles. The number of likely N-dealkylation sites (N-methyl/N-ethyl adjacent to an activating group) is 1. The van der Waals surface area contributed by atoms with Crippen LogP contribution < -0.4 is 4.90 Å². The molecule has 2 saturated heterocycles. The van der Waals surface area contributed by atoms with Crippen LogP contribution in [-0.2, 0) is 6.54 Å². The predicted molar refractivity (Wildman–Crippen MR) is 93.3 cm³/mol. The number of thioether (sulfide) groups is 1. The van der Waals surface area contributed by atoms with E-state index >= 15 is 0 Å². The number of likely N-dealkylation sites (tertiary alicyclic amines) is 1. The van der Waals surface area contributed by atoms with Gasteiger partial charge in [-0.15, -0.1) is 0 Å². The van der Waals surface area contributed by atoms with Crippen molar-refractivity contribution in [3.8, 4) is 0 Å². The second-order valence-electron chi connectivity index (χ2n) is 6.41. The molecule has 1 unspecified atom stereocenters. The van der Waals surface area contributed by atoms with E-state index in [4.69, 9.17) is 0 Å². The van der Waals surface area contributed by atoms with Gasteiger partial charge in [-0.3, -0.25) is 4.90 Å². The Labute approximate surface area is 133 Å². The Bertz CT molecular complexity index is 440. The van der Waals surface area contributed by atoms with Crippen LogP contribution in [0.4, 0.5) is 5.69 Å². The zero-order valence-corrected chi connectivity index (χ0v) is 14.1. The third-order valence-corrected chi connectivity index (χ3v) is 5.64. The fourth-order valence-corrected chi connectivity index (χ4v) is 4.17. The van der Waals surface area contributed by atoms with E-state index in [1.54, 1.807) is 0 Å². The van der Waals surface area contributed by atoms with Gasteiger partial charge in [-0.2, -0.15) is 11.8 Å². The third-order valence-electron chi connectivity index (χ3n) is 4.70. The monoisotopic (exact) mass is 305 g/mol. The van der Waals surface area contributed by atoms with E-state index in [1.165, 1.54) is 55.4 Å². The van der Waals surface area contributed by atoms with Crippen LogP contribution in [0.1, 0.15) is 12.0 Å². The van der Waals surface area contributed by atoms with Gasteiger partial charge in [0.1, 0.15) is 0 Å². The summed E-state index contributed by atoms with van der Waals surface area (Å²) in [6.45, 7) is 5.92. The minimum absolute atomic E-state index is 0.732. The smallest absolute Gasteiger partial charge is 0.0366 e. The molecule has 2 heterocycles. The van der Waals surface area contributed by atoms with Crippen LogP contribution in [0, 0.1) is 0 Å². The van der Waals surface area contributed by atoms with Crippen LogP contribution in [0.3, 0.4) is 0 Å². The SMILES string of the molecule is CN(C)C1CCN(Cc2ccc(N3CCSCC3)cc2)C1. The van der Waals surface area contributed by atoms with Crippen molar-refractivity contribution in [3.63, 3.8) is 0 Å². The average molecular weight is 305 g/mol. The molecule has 0 saturated carbocycles. The number of hydrogen-bond acceptors (Lipinski definition) is 4. The molecular weight excluding hydrogens is 278 g/mol. The van der Waals surface area contributed by atoms with E-state index in [0.717, 1.165) is 12.6 Å². The molecule has 3 rings (SSSR count). The van der Waals surface area contributed by atoms with Gasteiger partial charge in [0.05, 0.1) is 0 Å². The molecule has 0 N–H and O–H groups in total. The Morgan fingerprint density at radius 2 is 1.81 bits per heavy atom. The first-order valence-electron chi connectivity index (χ1n) is 8.03. The molecule has 0 aliphatic carbocycles. The van der Waals surface area contributed by atoms with Gasteiger partial charge in [0.15, 0.2) is 0 Å². The summed E-state index contributed by atoms with van der Waals surface area (Å²) in [5.74, 6) is 2.53. The Hall–Kier alpha value is -0.710. The van der Waals surface area contributed by atoms with Crippen molar-refractivity contribution in [2.75, 3.05) is 56.7 Å². The lowest BCUT2D eigenvalue weighted by Crippen LogP contribution is -2.32. The van der Waals surface area contributed by atoms with Crippen molar-refractivity contribution in [1.29, 1.82) is 0 Å². The standard InChI is InChI=1S/C17H27N3S/c1-18(2)17-7-8-19(14-17)13-15-3-5-16(6-4-15)20-9-11-21-12-10-20/h3-6,17H,7-14H2,1-2H3. The molecule has 0 spiro atoms. The van der Waals surface area contributed by atoms with E-state index in [0.29, 0.717) is 0 Å². The van der Waals surface area contributed by atoms with Gasteiger partial charge in [0, 0.05) is 56.0 Å². The highest BCUT2D eigenvalue weighted by Crippen LogP contribution is 2.21. The lowest BCUT2D eigenvalue weighted by Gasteiger charge is -2.28. The van der Waals surface area contributed by atoms with E-state index in [2.05, 4.69) is 64.8 Å². The summed E-state index contributed by atoms with van der Waals surface area (Å²) in [4.78, 5) is 7.45. The highest BCUT2D eigenvalue weighted by molar-refractivity contribution is 7.99. The topological polar surface area (TPSA) is 9.72 Å². The maximum Gasteiger partial charge on any atom is 0.0366 e. The fraction of sp³-hybridized carbons (Fsp3) is 0.647. The molecule has 116 valence electrons. The van der Waals surface area contributed by atoms with E-state index in [9.17, 15) is 0 Å². The number of nitrogens with zero attached hydrogens (tertiary/aromatic N) is 3. The molecule has 2 fully saturated rings. The molecule has 2 aliphatic rings. The minimum Gasteiger partial charge on any atom is -0.370 e. The van der Waals surface area contributed by atoms with Gasteiger partial charge in [-0.05, 0) is 38.2 Å². The molecule has 1 aromatic rings. The Kier molecular flexibility index (Phi) is 5.09. The van der Waals surface area contributed by atoms with E-state index in [1.807, 2.05) is 0 Å². The van der Waals surface area contributed by atoms with Gasteiger partial charge in [0.25, 0.3) is 0 Å². The van der Waals surface area contributed by atoms with Gasteiger partial charge in [0.2, 0.25) is 0 Å². The van der Waals surface area contributed by atoms with Crippen molar-refractivity contribution in [2.45, 2.75) is 19.0 Å². The van der Waals surface area contributed by atoms with E-state index < -0.39 is 0 Å². The van der Waals surface area contributed by atoms with Crippen molar-refractivity contribution in [3.05, 3.63) is 29.8 Å². The second-order valence-corrected chi connectivity index (χ2v) is 7.63. The number of benzene rings is 1. The lowest BCUT2D eigenvalue weighted by molar-refractivity contribution is 0.264. The highest BCUT2D eigenvalue weighted by Gasteiger charge is 2.23. The highest BCUT2D eigenvalue weighted by atomic mass is 32.2. The molecule has 0 bridgehead atoms. The first-order chi connectivity index (χ1) is 10.2. The Balaban J connectivity index is 1.55.